The molecule has 1 aromatic carbocycles. The van der Waals surface area contributed by atoms with Gasteiger partial charge in [0.25, 0.3) is 0 Å². The van der Waals surface area contributed by atoms with Gasteiger partial charge in [-0.2, -0.15) is 0 Å². The van der Waals surface area contributed by atoms with Crippen molar-refractivity contribution in [3.8, 4) is 0 Å². The van der Waals surface area contributed by atoms with Crippen molar-refractivity contribution in [1.29, 1.82) is 0 Å². The third kappa shape index (κ3) is 5.60. The summed E-state index contributed by atoms with van der Waals surface area (Å²) in [7, 11) is 0. The summed E-state index contributed by atoms with van der Waals surface area (Å²) in [6, 6.07) is 8.10. The van der Waals surface area contributed by atoms with E-state index in [4.69, 9.17) is 18.9 Å². The predicted molar refractivity (Wildman–Crippen MR) is 125 cm³/mol. The molecule has 4 rings (SSSR count). The summed E-state index contributed by atoms with van der Waals surface area (Å²) >= 11 is 0. The highest BCUT2D eigenvalue weighted by atomic mass is 16.7. The average Bonchev–Trinajstić information content (AvgIpc) is 3.38. The summed E-state index contributed by atoms with van der Waals surface area (Å²) in [5.41, 5.74) is 3.12. The van der Waals surface area contributed by atoms with E-state index >= 15 is 0 Å². The molecule has 1 fully saturated rings. The summed E-state index contributed by atoms with van der Waals surface area (Å²) in [5, 5.41) is 3.27. The molecule has 0 radical (unpaired) electrons. The Kier molecular flexibility index (Phi) is 7.44. The molecule has 1 saturated heterocycles. The van der Waals surface area contributed by atoms with Crippen LogP contribution in [0.3, 0.4) is 0 Å². The van der Waals surface area contributed by atoms with Gasteiger partial charge in [-0.1, -0.05) is 29.8 Å². The van der Waals surface area contributed by atoms with E-state index in [1.54, 1.807) is 4.57 Å². The van der Waals surface area contributed by atoms with E-state index in [1.807, 2.05) is 31.2 Å². The number of carbonyl (C=O) groups is 3. The van der Waals surface area contributed by atoms with Crippen molar-refractivity contribution in [3.63, 3.8) is 0 Å². The maximum atomic E-state index is 11.9. The number of hydrogen-bond donors (Lipinski definition) is 1. The monoisotopic (exact) mass is 497 g/mol. The first-order valence-corrected chi connectivity index (χ1v) is 11.3. The Morgan fingerprint density at radius 3 is 2.33 bits per heavy atom. The van der Waals surface area contributed by atoms with Crippen LogP contribution in [0.4, 0.5) is 5.82 Å². The Balaban J connectivity index is 1.64. The number of aryl methyl sites for hydroxylation is 1. The maximum absolute atomic E-state index is 11.9. The number of nitrogens with zero attached hydrogens (tertiary/aromatic N) is 4. The predicted octanol–water partition coefficient (Wildman–Crippen LogP) is 2.07. The highest BCUT2D eigenvalue weighted by Crippen LogP contribution is 2.36. The lowest BCUT2D eigenvalue weighted by Crippen LogP contribution is -2.40. The maximum Gasteiger partial charge on any atom is 0.303 e. The van der Waals surface area contributed by atoms with Crippen LogP contribution < -0.4 is 5.32 Å². The Morgan fingerprint density at radius 2 is 1.67 bits per heavy atom. The van der Waals surface area contributed by atoms with E-state index in [0.29, 0.717) is 23.5 Å². The minimum atomic E-state index is -1.04. The molecule has 1 N–H and O–H groups in total. The highest BCUT2D eigenvalue weighted by molar-refractivity contribution is 5.82. The highest BCUT2D eigenvalue weighted by Gasteiger charge is 2.51. The molecule has 36 heavy (non-hydrogen) atoms. The second kappa shape index (κ2) is 10.7. The van der Waals surface area contributed by atoms with Crippen molar-refractivity contribution in [2.75, 3.05) is 11.9 Å². The topological polar surface area (TPSA) is 144 Å². The van der Waals surface area contributed by atoms with E-state index in [0.717, 1.165) is 5.56 Å². The van der Waals surface area contributed by atoms with Gasteiger partial charge in [-0.25, -0.2) is 15.0 Å². The van der Waals surface area contributed by atoms with Gasteiger partial charge in [-0.15, -0.1) is 0 Å². The molecule has 0 saturated carbocycles. The molecule has 0 unspecified atom stereocenters. The number of ether oxygens (including phenoxy) is 4. The van der Waals surface area contributed by atoms with E-state index in [1.165, 1.54) is 39.0 Å². The molecule has 1 aliphatic rings. The van der Waals surface area contributed by atoms with Crippen molar-refractivity contribution < 1.29 is 33.3 Å². The fourth-order valence-corrected chi connectivity index (χ4v) is 3.98. The molecule has 1 aliphatic heterocycles. The molecule has 3 aromatic rings. The normalized spacial score (nSPS) is 21.2. The van der Waals surface area contributed by atoms with Crippen LogP contribution in [0.25, 0.3) is 11.2 Å². The van der Waals surface area contributed by atoms with Crippen LogP contribution in [0, 0.1) is 6.92 Å². The van der Waals surface area contributed by atoms with Gasteiger partial charge in [0.05, 0.1) is 6.33 Å². The number of benzene rings is 1. The standard InChI is InChI=1S/C24H27N5O7/c1-13-5-7-17(8-6-13)9-25-22-19-23(27-11-26-22)29(12-28-19)24-21(35-16(4)32)20(34-15(3)31)18(36-24)10-33-14(2)30/h5-8,11-12,18,20-21,24H,9-10H2,1-4H3,(H,25,26,27)/t18-,20-,21-,24-/m1/s1. The van der Waals surface area contributed by atoms with Crippen molar-refractivity contribution in [3.05, 3.63) is 48.0 Å². The van der Waals surface area contributed by atoms with Crippen LogP contribution in [-0.4, -0.2) is 62.3 Å². The lowest BCUT2D eigenvalue weighted by Gasteiger charge is -2.23. The molecule has 12 nitrogen and oxygen atoms in total. The lowest BCUT2D eigenvalue weighted by molar-refractivity contribution is -0.166. The van der Waals surface area contributed by atoms with Gasteiger partial charge in [-0.05, 0) is 12.5 Å². The number of imidazole rings is 1. The molecule has 0 spiro atoms. The van der Waals surface area contributed by atoms with E-state index in [2.05, 4.69) is 20.3 Å². The molecule has 0 bridgehead atoms. The lowest BCUT2D eigenvalue weighted by atomic mass is 10.1. The second-order valence-corrected chi connectivity index (χ2v) is 8.40. The molecule has 4 atom stereocenters. The molecule has 0 amide bonds. The van der Waals surface area contributed by atoms with E-state index < -0.39 is 42.4 Å². The van der Waals surface area contributed by atoms with E-state index in [9.17, 15) is 14.4 Å². The van der Waals surface area contributed by atoms with Crippen LogP contribution in [0.1, 0.15) is 38.1 Å². The second-order valence-electron chi connectivity index (χ2n) is 8.40. The Bertz CT molecular complexity index is 1260. The first kappa shape index (κ1) is 25.0. The molecule has 12 heteroatoms. The van der Waals surface area contributed by atoms with Gasteiger partial charge in [0.2, 0.25) is 0 Å². The van der Waals surface area contributed by atoms with Crippen molar-refractivity contribution >= 4 is 34.9 Å². The average molecular weight is 498 g/mol. The first-order valence-electron chi connectivity index (χ1n) is 11.3. The number of rotatable bonds is 8. The Labute approximate surface area is 206 Å². The van der Waals surface area contributed by atoms with Crippen LogP contribution in [0.2, 0.25) is 0 Å². The first-order chi connectivity index (χ1) is 17.2. The van der Waals surface area contributed by atoms with Gasteiger partial charge >= 0.3 is 17.9 Å². The summed E-state index contributed by atoms with van der Waals surface area (Å²) in [4.78, 5) is 48.2. The van der Waals surface area contributed by atoms with Crippen LogP contribution in [-0.2, 0) is 39.9 Å². The number of aromatic nitrogens is 4. The fraction of sp³-hybridized carbons (Fsp3) is 0.417. The molecular weight excluding hydrogens is 470 g/mol. The number of anilines is 1. The zero-order chi connectivity index (χ0) is 25.8. The quantitative estimate of drug-likeness (QED) is 0.361. The van der Waals surface area contributed by atoms with Gasteiger partial charge in [0.1, 0.15) is 19.0 Å². The smallest absolute Gasteiger partial charge is 0.303 e. The van der Waals surface area contributed by atoms with E-state index in [-0.39, 0.29) is 6.61 Å². The van der Waals surface area contributed by atoms with Crippen LogP contribution >= 0.6 is 0 Å². The van der Waals surface area contributed by atoms with Crippen LogP contribution in [0.5, 0.6) is 0 Å². The SMILES string of the molecule is CC(=O)OC[C@H]1O[C@@H](n2cnc3c(NCc4ccc(C)cc4)ncnc32)[C@H](OC(C)=O)[C@@H]1OC(C)=O. The molecular formula is C24H27N5O7. The largest absolute Gasteiger partial charge is 0.463 e. The number of carbonyl (C=O) groups excluding carboxylic acids is 3. The minimum absolute atomic E-state index is 0.202. The summed E-state index contributed by atoms with van der Waals surface area (Å²) < 4.78 is 23.7. The van der Waals surface area contributed by atoms with Crippen LogP contribution in [0.15, 0.2) is 36.9 Å². The Hall–Kier alpha value is -4.06. The van der Waals surface area contributed by atoms with Gasteiger partial charge in [0.15, 0.2) is 35.4 Å². The zero-order valence-electron chi connectivity index (χ0n) is 20.3. The van der Waals surface area contributed by atoms with Gasteiger partial charge in [0, 0.05) is 27.3 Å². The zero-order valence-corrected chi connectivity index (χ0v) is 20.3. The summed E-state index contributed by atoms with van der Waals surface area (Å²) in [5.74, 6) is -1.22. The Morgan fingerprint density at radius 1 is 0.972 bits per heavy atom. The summed E-state index contributed by atoms with van der Waals surface area (Å²) in [6.07, 6.45) is -1.03. The fourth-order valence-electron chi connectivity index (χ4n) is 3.98. The van der Waals surface area contributed by atoms with Crippen molar-refractivity contribution in [1.82, 2.24) is 19.5 Å². The van der Waals surface area contributed by atoms with Crippen molar-refractivity contribution in [2.45, 2.75) is 58.8 Å². The van der Waals surface area contributed by atoms with Gasteiger partial charge in [-0.3, -0.25) is 19.0 Å². The number of nitrogens with one attached hydrogen (secondary N) is 1. The third-order valence-corrected chi connectivity index (χ3v) is 5.55. The molecule has 0 aliphatic carbocycles. The molecule has 190 valence electrons. The molecule has 3 heterocycles. The van der Waals surface area contributed by atoms with Gasteiger partial charge < -0.3 is 24.3 Å². The number of esters is 3. The summed E-state index contributed by atoms with van der Waals surface area (Å²) in [6.45, 7) is 6.06. The number of hydrogen-bond acceptors (Lipinski definition) is 11. The van der Waals surface area contributed by atoms with Crippen molar-refractivity contribution in [2.24, 2.45) is 0 Å². The third-order valence-electron chi connectivity index (χ3n) is 5.55. The molecule has 2 aromatic heterocycles. The minimum Gasteiger partial charge on any atom is -0.463 e. The number of fused-ring (bicyclic) bond motifs is 1.